The fourth-order valence-electron chi connectivity index (χ4n) is 6.56. The molecule has 0 radical (unpaired) electrons. The van der Waals surface area contributed by atoms with Crippen molar-refractivity contribution in [3.8, 4) is 0 Å². The summed E-state index contributed by atoms with van der Waals surface area (Å²) in [5, 5.41) is 24.8. The molecule has 71 heavy (non-hydrogen) atoms. The Morgan fingerprint density at radius 2 is 0.775 bits per heavy atom. The zero-order valence-corrected chi connectivity index (χ0v) is 41.3. The summed E-state index contributed by atoms with van der Waals surface area (Å²) >= 11 is 0. The van der Waals surface area contributed by atoms with Crippen LogP contribution in [0.2, 0.25) is 0 Å². The smallest absolute Gasteiger partial charge is 0.412 e. The molecule has 0 aliphatic heterocycles. The van der Waals surface area contributed by atoms with E-state index in [-0.39, 0.29) is 51.7 Å². The van der Waals surface area contributed by atoms with E-state index in [1.54, 1.807) is 102 Å². The number of methoxy groups -OCH3 is 1. The number of ether oxygens (including phenoxy) is 3. The van der Waals surface area contributed by atoms with Crippen molar-refractivity contribution in [3.05, 3.63) is 95.9 Å². The van der Waals surface area contributed by atoms with Gasteiger partial charge < -0.3 is 68.0 Å². The van der Waals surface area contributed by atoms with Crippen LogP contribution in [0.5, 0.6) is 0 Å². The van der Waals surface area contributed by atoms with Crippen LogP contribution in [0.4, 0.5) is 44.0 Å². The Hall–Kier alpha value is -9.10. The molecule has 0 unspecified atom stereocenters. The molecular weight excluding hydrogens is 929 g/mol. The zero-order valence-electron chi connectivity index (χ0n) is 41.3. The average molecular weight is 985 g/mol. The van der Waals surface area contributed by atoms with Gasteiger partial charge in [-0.05, 0) is 65.8 Å². The highest BCUT2D eigenvalue weighted by Gasteiger charge is 2.24. The molecule has 0 saturated carbocycles. The van der Waals surface area contributed by atoms with Gasteiger partial charge in [-0.1, -0.05) is 0 Å². The Labute approximate surface area is 406 Å². The predicted molar refractivity (Wildman–Crippen MR) is 258 cm³/mol. The minimum atomic E-state index is -1.12. The highest BCUT2D eigenvalue weighted by atomic mass is 16.6. The second-order valence-electron chi connectivity index (χ2n) is 17.9. The minimum Gasteiger partial charge on any atom is -0.477 e. The molecule has 26 heteroatoms. The zero-order chi connectivity index (χ0) is 52.9. The number of carboxylic acid groups (broad SMARTS) is 1. The van der Waals surface area contributed by atoms with E-state index in [1.807, 2.05) is 0 Å². The lowest BCUT2D eigenvalue weighted by atomic mass is 10.2. The maximum absolute atomic E-state index is 12.8. The summed E-state index contributed by atoms with van der Waals surface area (Å²) in [6.07, 6.45) is 7.81. The van der Waals surface area contributed by atoms with Crippen LogP contribution in [-0.4, -0.2) is 109 Å². The number of nitrogens with zero attached hydrogens (tertiary/aromatic N) is 8. The van der Waals surface area contributed by atoms with Crippen molar-refractivity contribution < 1.29 is 57.7 Å². The summed E-state index contributed by atoms with van der Waals surface area (Å²) in [6.45, 7) is 10.5. The number of aromatic nitrogens is 8. The molecule has 6 aromatic heterocycles. The molecule has 0 saturated heterocycles. The molecule has 0 bridgehead atoms. The molecule has 26 nitrogen and oxygen atoms in total. The Morgan fingerprint density at radius 3 is 1.11 bits per heavy atom. The summed E-state index contributed by atoms with van der Waals surface area (Å²) in [6, 6.07) is 5.77. The molecular formula is C45H56N14O12. The second-order valence-corrected chi connectivity index (χ2v) is 17.9. The van der Waals surface area contributed by atoms with Gasteiger partial charge in [0.15, 0.2) is 11.6 Å². The third-order valence-corrected chi connectivity index (χ3v) is 9.55. The molecule has 6 rings (SSSR count). The normalized spacial score (nSPS) is 11.1. The van der Waals surface area contributed by atoms with Crippen LogP contribution in [0.25, 0.3) is 0 Å². The van der Waals surface area contributed by atoms with Crippen molar-refractivity contribution in [2.45, 2.75) is 52.7 Å². The fraction of sp³-hybridized carbons (Fsp3) is 0.333. The van der Waals surface area contributed by atoms with Crippen LogP contribution >= 0.6 is 0 Å². The van der Waals surface area contributed by atoms with Crippen LogP contribution in [0.3, 0.4) is 0 Å². The van der Waals surface area contributed by atoms with Gasteiger partial charge >= 0.3 is 24.1 Å². The Morgan fingerprint density at radius 1 is 0.451 bits per heavy atom. The van der Waals surface area contributed by atoms with Crippen LogP contribution in [0.1, 0.15) is 105 Å². The Kier molecular flexibility index (Phi) is 15.7. The van der Waals surface area contributed by atoms with E-state index in [0.29, 0.717) is 17.1 Å². The number of nitrogens with one attached hydrogen (secondary N) is 6. The molecule has 0 aliphatic carbocycles. The number of hydrogen-bond acceptors (Lipinski definition) is 13. The van der Waals surface area contributed by atoms with E-state index in [0.717, 1.165) is 0 Å². The molecule has 0 spiro atoms. The minimum absolute atomic E-state index is 0.000176. The van der Waals surface area contributed by atoms with Crippen molar-refractivity contribution in [2.24, 2.45) is 42.3 Å². The first-order valence-corrected chi connectivity index (χ1v) is 21.3. The number of aryl methyl sites for hydroxylation is 6. The number of rotatable bonds is 12. The molecule has 7 N–H and O–H groups in total. The topological polar surface area (TPSA) is 312 Å². The van der Waals surface area contributed by atoms with Gasteiger partial charge in [0.05, 0.1) is 29.9 Å². The third-order valence-electron chi connectivity index (χ3n) is 9.55. The predicted octanol–water partition coefficient (Wildman–Crippen LogP) is 5.38. The summed E-state index contributed by atoms with van der Waals surface area (Å²) < 4.78 is 24.0. The Balaban J connectivity index is 0.000000264. The highest BCUT2D eigenvalue weighted by molar-refractivity contribution is 6.07. The monoisotopic (exact) mass is 984 g/mol. The quantitative estimate of drug-likeness (QED) is 0.0598. The summed E-state index contributed by atoms with van der Waals surface area (Å²) in [4.78, 5) is 106. The first kappa shape index (κ1) is 52.9. The number of esters is 1. The van der Waals surface area contributed by atoms with Gasteiger partial charge in [0, 0.05) is 79.5 Å². The van der Waals surface area contributed by atoms with Crippen molar-refractivity contribution in [1.29, 1.82) is 0 Å². The van der Waals surface area contributed by atoms with Gasteiger partial charge in [-0.2, -0.15) is 0 Å². The summed E-state index contributed by atoms with van der Waals surface area (Å²) in [5.41, 5.74) is 0.856. The number of hydrogen-bond donors (Lipinski definition) is 7. The summed E-state index contributed by atoms with van der Waals surface area (Å²) in [5.74, 6) is -3.47. The van der Waals surface area contributed by atoms with Crippen molar-refractivity contribution in [3.63, 3.8) is 0 Å². The van der Waals surface area contributed by atoms with E-state index in [1.165, 1.54) is 77.4 Å². The molecule has 378 valence electrons. The largest absolute Gasteiger partial charge is 0.477 e. The molecule has 0 fully saturated rings. The van der Waals surface area contributed by atoms with Crippen molar-refractivity contribution >= 4 is 82.1 Å². The van der Waals surface area contributed by atoms with Crippen molar-refractivity contribution in [2.75, 3.05) is 39.0 Å². The van der Waals surface area contributed by atoms with E-state index in [2.05, 4.69) is 41.9 Å². The lowest BCUT2D eigenvalue weighted by Crippen LogP contribution is -2.27. The number of carboxylic acids is 1. The third kappa shape index (κ3) is 14.0. The second kappa shape index (κ2) is 21.0. The lowest BCUT2D eigenvalue weighted by molar-refractivity contribution is 0.0586. The van der Waals surface area contributed by atoms with Crippen LogP contribution in [-0.2, 0) is 56.5 Å². The van der Waals surface area contributed by atoms with Crippen molar-refractivity contribution in [1.82, 2.24) is 37.4 Å². The van der Waals surface area contributed by atoms with Gasteiger partial charge in [-0.15, -0.1) is 0 Å². The standard InChI is InChI=1S/C23H29N7O6.C22H27N7O6/c1-23(2,3)36-22(34)25-14-8-15(28(4)11-14)19(31)27-17-12-30(6)18(26-17)20(32)24-13-9-16(21(33)35-7)29(5)10-13;1-22(2,3)35-21(34)24-13-7-14(27(4)10-13)18(30)26-16-11-29(6)17(25-16)19(31)23-12-8-15(20(32)33)28(5)9-12/h8-12H,1-7H3,(H,24,32)(H,25,34)(H,27,31);7-11H,1-6H3,(H,23,31)(H,24,34)(H,26,30)(H,32,33). The number of carbonyl (C=O) groups is 8. The molecule has 6 aromatic rings. The van der Waals surface area contributed by atoms with E-state index in [9.17, 15) is 38.4 Å². The Bertz CT molecular complexity index is 3040. The van der Waals surface area contributed by atoms with Crippen LogP contribution in [0.15, 0.2) is 61.4 Å². The van der Waals surface area contributed by atoms with E-state index in [4.69, 9.17) is 19.3 Å². The van der Waals surface area contributed by atoms with E-state index < -0.39 is 59.0 Å². The SMILES string of the molecule is COC(=O)c1cc(NC(=O)c2nc(NC(=O)c3cc(NC(=O)OC(C)(C)C)cn3C)cn2C)cn1C.Cn1cc(NC(=O)c2nc(NC(=O)c3cc(NC(=O)OC(C)(C)C)cn3C)cn2C)cc1C(=O)O. The molecule has 0 aliphatic rings. The van der Waals surface area contributed by atoms with E-state index >= 15 is 0 Å². The van der Waals surface area contributed by atoms with Gasteiger partial charge in [0.25, 0.3) is 23.6 Å². The molecule has 6 heterocycles. The first-order chi connectivity index (χ1) is 33.0. The number of imidazole rings is 2. The van der Waals surface area contributed by atoms with Crippen LogP contribution < -0.4 is 31.9 Å². The highest BCUT2D eigenvalue weighted by Crippen LogP contribution is 2.21. The molecule has 6 amide bonds. The molecule has 0 atom stereocenters. The number of aromatic carboxylic acids is 1. The van der Waals surface area contributed by atoms with Gasteiger partial charge in [-0.3, -0.25) is 29.8 Å². The number of carbonyl (C=O) groups excluding carboxylic acids is 7. The first-order valence-electron chi connectivity index (χ1n) is 21.3. The lowest BCUT2D eigenvalue weighted by Gasteiger charge is -2.19. The maximum Gasteiger partial charge on any atom is 0.412 e. The average Bonchev–Trinajstić information content (AvgIpc) is 4.10. The summed E-state index contributed by atoms with van der Waals surface area (Å²) in [7, 11) is 10.9. The fourth-order valence-corrected chi connectivity index (χ4v) is 6.56. The molecule has 0 aromatic carbocycles. The van der Waals surface area contributed by atoms with Gasteiger partial charge in [0.2, 0.25) is 11.6 Å². The number of amides is 6. The van der Waals surface area contributed by atoms with Crippen LogP contribution in [0, 0.1) is 0 Å². The van der Waals surface area contributed by atoms with Gasteiger partial charge in [-0.25, -0.2) is 29.1 Å². The maximum atomic E-state index is 12.8. The van der Waals surface area contributed by atoms with Gasteiger partial charge in [0.1, 0.15) is 34.0 Å². The number of anilines is 6.